The van der Waals surface area contributed by atoms with Crippen molar-refractivity contribution >= 4 is 12.6 Å². The van der Waals surface area contributed by atoms with E-state index in [0.717, 1.165) is 10.5 Å². The number of nitriles is 1. The van der Waals surface area contributed by atoms with Crippen LogP contribution in [0.3, 0.4) is 0 Å². The average molecular weight is 179 g/mol. The van der Waals surface area contributed by atoms with Crippen LogP contribution in [0.15, 0.2) is 17.0 Å². The van der Waals surface area contributed by atoms with E-state index in [1.165, 1.54) is 0 Å². The van der Waals surface area contributed by atoms with Gasteiger partial charge in [-0.25, -0.2) is 0 Å². The Morgan fingerprint density at radius 1 is 1.50 bits per heavy atom. The highest BCUT2D eigenvalue weighted by Gasteiger charge is 2.03. The van der Waals surface area contributed by atoms with Crippen molar-refractivity contribution in [2.75, 3.05) is 7.11 Å². The van der Waals surface area contributed by atoms with E-state index in [2.05, 4.69) is 18.7 Å². The van der Waals surface area contributed by atoms with E-state index in [-0.39, 0.29) is 0 Å². The smallest absolute Gasteiger partial charge is 0.120 e. The molecule has 3 heteroatoms. The highest BCUT2D eigenvalue weighted by Crippen LogP contribution is 2.24. The molecule has 0 N–H and O–H groups in total. The highest BCUT2D eigenvalue weighted by atomic mass is 32.1. The lowest BCUT2D eigenvalue weighted by Crippen LogP contribution is -1.88. The topological polar surface area (TPSA) is 33.0 Å². The van der Waals surface area contributed by atoms with Gasteiger partial charge in [0.2, 0.25) is 0 Å². The van der Waals surface area contributed by atoms with E-state index in [0.29, 0.717) is 11.3 Å². The molecule has 1 aromatic carbocycles. The van der Waals surface area contributed by atoms with Crippen LogP contribution in [0, 0.1) is 18.3 Å². The fourth-order valence-corrected chi connectivity index (χ4v) is 1.13. The molecule has 0 atom stereocenters. The van der Waals surface area contributed by atoms with E-state index in [4.69, 9.17) is 10.00 Å². The molecule has 0 aromatic heterocycles. The molecule has 0 unspecified atom stereocenters. The van der Waals surface area contributed by atoms with Crippen molar-refractivity contribution in [3.63, 3.8) is 0 Å². The number of thiol groups is 1. The summed E-state index contributed by atoms with van der Waals surface area (Å²) in [7, 11) is 1.58. The minimum absolute atomic E-state index is 0.551. The van der Waals surface area contributed by atoms with E-state index in [1.807, 2.05) is 13.0 Å². The molecular weight excluding hydrogens is 170 g/mol. The summed E-state index contributed by atoms with van der Waals surface area (Å²) in [4.78, 5) is 0.721. The van der Waals surface area contributed by atoms with Crippen LogP contribution < -0.4 is 4.74 Å². The van der Waals surface area contributed by atoms with Crippen LogP contribution in [0.5, 0.6) is 5.75 Å². The Balaban J connectivity index is 3.31. The standard InChI is InChI=1S/C9H9NOS/c1-6-3-8(11-2)4-7(5-10)9(6)12/h3-4,12H,1-2H3. The number of ether oxygens (including phenoxy) is 1. The van der Waals surface area contributed by atoms with Gasteiger partial charge in [0, 0.05) is 4.90 Å². The van der Waals surface area contributed by atoms with Crippen molar-refractivity contribution in [2.45, 2.75) is 11.8 Å². The van der Waals surface area contributed by atoms with Crippen LogP contribution in [-0.4, -0.2) is 7.11 Å². The van der Waals surface area contributed by atoms with Crippen LogP contribution in [0.1, 0.15) is 11.1 Å². The first kappa shape index (κ1) is 8.95. The number of benzene rings is 1. The number of rotatable bonds is 1. The Labute approximate surface area is 77.2 Å². The average Bonchev–Trinajstić information content (AvgIpc) is 2.09. The van der Waals surface area contributed by atoms with Crippen molar-refractivity contribution in [1.29, 1.82) is 5.26 Å². The monoisotopic (exact) mass is 179 g/mol. The molecular formula is C9H9NOS. The predicted octanol–water partition coefficient (Wildman–Crippen LogP) is 2.16. The molecule has 2 nitrogen and oxygen atoms in total. The molecule has 0 heterocycles. The molecule has 0 aliphatic carbocycles. The van der Waals surface area contributed by atoms with Gasteiger partial charge in [0.25, 0.3) is 0 Å². The summed E-state index contributed by atoms with van der Waals surface area (Å²) in [5, 5.41) is 8.71. The summed E-state index contributed by atoms with van der Waals surface area (Å²) in [5.41, 5.74) is 1.50. The Morgan fingerprint density at radius 3 is 2.67 bits per heavy atom. The van der Waals surface area contributed by atoms with Gasteiger partial charge >= 0.3 is 0 Å². The van der Waals surface area contributed by atoms with Gasteiger partial charge in [-0.1, -0.05) is 0 Å². The molecule has 0 amide bonds. The summed E-state index contributed by atoms with van der Waals surface area (Å²) in [5.74, 6) is 0.696. The number of hydrogen-bond donors (Lipinski definition) is 1. The van der Waals surface area contributed by atoms with Gasteiger partial charge < -0.3 is 4.74 Å². The summed E-state index contributed by atoms with van der Waals surface area (Å²) in [6.07, 6.45) is 0. The van der Waals surface area contributed by atoms with Crippen molar-refractivity contribution < 1.29 is 4.74 Å². The van der Waals surface area contributed by atoms with Gasteiger partial charge in [0.1, 0.15) is 11.8 Å². The maximum absolute atomic E-state index is 8.71. The van der Waals surface area contributed by atoms with Gasteiger partial charge in [-0.05, 0) is 24.6 Å². The zero-order valence-electron chi connectivity index (χ0n) is 6.96. The fraction of sp³-hybridized carbons (Fsp3) is 0.222. The second kappa shape index (κ2) is 3.51. The molecule has 0 bridgehead atoms. The molecule has 1 rings (SSSR count). The molecule has 0 saturated heterocycles. The largest absolute Gasteiger partial charge is 0.497 e. The van der Waals surface area contributed by atoms with Crippen molar-refractivity contribution in [1.82, 2.24) is 0 Å². The van der Waals surface area contributed by atoms with Crippen molar-refractivity contribution in [3.8, 4) is 11.8 Å². The second-order valence-electron chi connectivity index (χ2n) is 2.45. The maximum atomic E-state index is 8.71. The molecule has 0 spiro atoms. The Hall–Kier alpha value is -1.14. The number of aryl methyl sites for hydroxylation is 1. The Kier molecular flexibility index (Phi) is 2.61. The zero-order valence-corrected chi connectivity index (χ0v) is 7.85. The van der Waals surface area contributed by atoms with Gasteiger partial charge in [0.05, 0.1) is 12.7 Å². The molecule has 12 heavy (non-hydrogen) atoms. The van der Waals surface area contributed by atoms with Crippen molar-refractivity contribution in [2.24, 2.45) is 0 Å². The first-order valence-corrected chi connectivity index (χ1v) is 3.91. The third-order valence-electron chi connectivity index (χ3n) is 1.63. The van der Waals surface area contributed by atoms with Crippen LogP contribution in [0.2, 0.25) is 0 Å². The third kappa shape index (κ3) is 1.54. The normalized spacial score (nSPS) is 9.17. The highest BCUT2D eigenvalue weighted by molar-refractivity contribution is 7.80. The lowest BCUT2D eigenvalue weighted by atomic mass is 10.1. The summed E-state index contributed by atoms with van der Waals surface area (Å²) in [6, 6.07) is 5.58. The van der Waals surface area contributed by atoms with Crippen LogP contribution in [0.25, 0.3) is 0 Å². The Bertz CT molecular complexity index is 341. The first-order valence-electron chi connectivity index (χ1n) is 3.46. The minimum Gasteiger partial charge on any atom is -0.497 e. The van der Waals surface area contributed by atoms with Crippen LogP contribution >= 0.6 is 12.6 Å². The van der Waals surface area contributed by atoms with Gasteiger partial charge in [-0.15, -0.1) is 12.6 Å². The second-order valence-corrected chi connectivity index (χ2v) is 2.90. The first-order chi connectivity index (χ1) is 5.69. The van der Waals surface area contributed by atoms with E-state index in [1.54, 1.807) is 13.2 Å². The van der Waals surface area contributed by atoms with Crippen LogP contribution in [0.4, 0.5) is 0 Å². The molecule has 0 aliphatic rings. The summed E-state index contributed by atoms with van der Waals surface area (Å²) < 4.78 is 5.01. The predicted molar refractivity (Wildman–Crippen MR) is 49.7 cm³/mol. The quantitative estimate of drug-likeness (QED) is 0.670. The minimum atomic E-state index is 0.551. The van der Waals surface area contributed by atoms with Gasteiger partial charge in [0.15, 0.2) is 0 Å². The summed E-state index contributed by atoms with van der Waals surface area (Å²) >= 11 is 4.20. The molecule has 0 fully saturated rings. The third-order valence-corrected chi connectivity index (χ3v) is 2.22. The molecule has 0 radical (unpaired) electrons. The van der Waals surface area contributed by atoms with E-state index >= 15 is 0 Å². The van der Waals surface area contributed by atoms with Gasteiger partial charge in [-0.2, -0.15) is 5.26 Å². The molecule has 0 saturated carbocycles. The lowest BCUT2D eigenvalue weighted by molar-refractivity contribution is 0.414. The van der Waals surface area contributed by atoms with Gasteiger partial charge in [-0.3, -0.25) is 0 Å². The summed E-state index contributed by atoms with van der Waals surface area (Å²) in [6.45, 7) is 1.89. The molecule has 1 aromatic rings. The van der Waals surface area contributed by atoms with E-state index < -0.39 is 0 Å². The lowest BCUT2D eigenvalue weighted by Gasteiger charge is -2.04. The molecule has 0 aliphatic heterocycles. The van der Waals surface area contributed by atoms with E-state index in [9.17, 15) is 0 Å². The zero-order chi connectivity index (χ0) is 9.14. The Morgan fingerprint density at radius 2 is 2.17 bits per heavy atom. The van der Waals surface area contributed by atoms with Crippen molar-refractivity contribution in [3.05, 3.63) is 23.3 Å². The number of hydrogen-bond acceptors (Lipinski definition) is 3. The SMILES string of the molecule is COc1cc(C)c(S)c(C#N)c1. The number of nitrogens with zero attached hydrogens (tertiary/aromatic N) is 1. The maximum Gasteiger partial charge on any atom is 0.120 e. The van der Waals surface area contributed by atoms with Crippen LogP contribution in [-0.2, 0) is 0 Å². The number of methoxy groups -OCH3 is 1. The fourth-order valence-electron chi connectivity index (χ4n) is 0.950. The molecule has 62 valence electrons.